The predicted molar refractivity (Wildman–Crippen MR) is 114 cm³/mol. The molecule has 0 aliphatic heterocycles. The lowest BCUT2D eigenvalue weighted by atomic mass is 10.0. The Morgan fingerprint density at radius 3 is 2.31 bits per heavy atom. The van der Waals surface area contributed by atoms with Crippen LogP contribution in [0.2, 0.25) is 0 Å². The van der Waals surface area contributed by atoms with Crippen LogP contribution in [0, 0.1) is 0 Å². The van der Waals surface area contributed by atoms with Crippen LogP contribution in [0.1, 0.15) is 11.1 Å². The summed E-state index contributed by atoms with van der Waals surface area (Å²) in [6.07, 6.45) is 0.189. The molecule has 5 heteroatoms. The fourth-order valence-electron chi connectivity index (χ4n) is 3.72. The molecule has 4 aromatic rings. The summed E-state index contributed by atoms with van der Waals surface area (Å²) in [6, 6.07) is 22.3. The highest BCUT2D eigenvalue weighted by atomic mass is 16.3. The van der Waals surface area contributed by atoms with Gasteiger partial charge in [0.15, 0.2) is 0 Å². The molecule has 1 amide bonds. The molecule has 4 rings (SSSR count). The summed E-state index contributed by atoms with van der Waals surface area (Å²) in [5.41, 5.74) is 4.71. The summed E-state index contributed by atoms with van der Waals surface area (Å²) in [5, 5.41) is 23.4. The van der Waals surface area contributed by atoms with Crippen molar-refractivity contribution in [2.75, 3.05) is 7.05 Å². The zero-order chi connectivity index (χ0) is 20.4. The van der Waals surface area contributed by atoms with Crippen LogP contribution in [0.5, 0.6) is 11.5 Å². The molecule has 1 aromatic heterocycles. The van der Waals surface area contributed by atoms with Crippen molar-refractivity contribution >= 4 is 16.8 Å². The third-order valence-corrected chi connectivity index (χ3v) is 5.09. The largest absolute Gasteiger partial charge is 0.508 e. The first kappa shape index (κ1) is 18.6. The molecule has 146 valence electrons. The number of nitrogens with one attached hydrogen (secondary N) is 1. The lowest BCUT2D eigenvalue weighted by molar-refractivity contribution is -0.119. The van der Waals surface area contributed by atoms with Gasteiger partial charge in [-0.1, -0.05) is 30.3 Å². The number of nitrogens with zero attached hydrogens (tertiary/aromatic N) is 1. The Morgan fingerprint density at radius 1 is 0.931 bits per heavy atom. The maximum Gasteiger partial charge on any atom is 0.224 e. The summed E-state index contributed by atoms with van der Waals surface area (Å²) < 4.78 is 2.16. The topological polar surface area (TPSA) is 74.5 Å². The number of phenols is 2. The Kier molecular flexibility index (Phi) is 4.96. The second-order valence-corrected chi connectivity index (χ2v) is 7.00. The van der Waals surface area contributed by atoms with Gasteiger partial charge in [-0.05, 0) is 59.2 Å². The van der Waals surface area contributed by atoms with Gasteiger partial charge in [0.05, 0.1) is 12.1 Å². The number of hydrogen-bond donors (Lipinski definition) is 3. The molecular formula is C24H22N2O3. The first-order valence-corrected chi connectivity index (χ1v) is 9.45. The van der Waals surface area contributed by atoms with E-state index in [-0.39, 0.29) is 23.8 Å². The Hall–Kier alpha value is -3.73. The van der Waals surface area contributed by atoms with Gasteiger partial charge in [-0.3, -0.25) is 4.79 Å². The first-order valence-electron chi connectivity index (χ1n) is 9.45. The highest BCUT2D eigenvalue weighted by molar-refractivity contribution is 5.96. The van der Waals surface area contributed by atoms with E-state index in [2.05, 4.69) is 22.0 Å². The fraction of sp³-hybridized carbons (Fsp3) is 0.125. The summed E-state index contributed by atoms with van der Waals surface area (Å²) in [5.74, 6) is 0.238. The van der Waals surface area contributed by atoms with Gasteiger partial charge in [0.25, 0.3) is 0 Å². The lowest BCUT2D eigenvalue weighted by Gasteiger charge is -2.13. The van der Waals surface area contributed by atoms with E-state index in [4.69, 9.17) is 0 Å². The molecule has 0 radical (unpaired) electrons. The molecule has 0 atom stereocenters. The van der Waals surface area contributed by atoms with Gasteiger partial charge in [0.2, 0.25) is 5.91 Å². The number of likely N-dealkylation sites (N-methyl/N-ethyl adjacent to an activating group) is 1. The second kappa shape index (κ2) is 7.72. The molecule has 0 spiro atoms. The van der Waals surface area contributed by atoms with Crippen LogP contribution in [0.15, 0.2) is 72.8 Å². The van der Waals surface area contributed by atoms with Crippen molar-refractivity contribution in [3.63, 3.8) is 0 Å². The molecular weight excluding hydrogens is 364 g/mol. The minimum Gasteiger partial charge on any atom is -0.508 e. The van der Waals surface area contributed by atoms with Crippen LogP contribution < -0.4 is 5.32 Å². The minimum atomic E-state index is -0.105. The Morgan fingerprint density at radius 2 is 1.62 bits per heavy atom. The van der Waals surface area contributed by atoms with E-state index in [1.54, 1.807) is 31.3 Å². The van der Waals surface area contributed by atoms with E-state index in [1.165, 1.54) is 0 Å². The molecule has 1 heterocycles. The normalized spacial score (nSPS) is 10.9. The third-order valence-electron chi connectivity index (χ3n) is 5.09. The molecule has 3 aromatic carbocycles. The molecule has 3 N–H and O–H groups in total. The van der Waals surface area contributed by atoms with Crippen molar-refractivity contribution < 1.29 is 15.0 Å². The Labute approximate surface area is 168 Å². The molecule has 0 aliphatic carbocycles. The van der Waals surface area contributed by atoms with E-state index >= 15 is 0 Å². The van der Waals surface area contributed by atoms with Crippen molar-refractivity contribution in [2.24, 2.45) is 0 Å². The smallest absolute Gasteiger partial charge is 0.224 e. The third kappa shape index (κ3) is 3.67. The quantitative estimate of drug-likeness (QED) is 0.484. The van der Waals surface area contributed by atoms with E-state index in [1.807, 2.05) is 36.4 Å². The Bertz CT molecular complexity index is 1160. The van der Waals surface area contributed by atoms with Crippen LogP contribution in [0.3, 0.4) is 0 Å². The number of benzene rings is 3. The number of fused-ring (bicyclic) bond motifs is 1. The number of carbonyl (C=O) groups is 1. The van der Waals surface area contributed by atoms with Crippen molar-refractivity contribution in [3.05, 3.63) is 83.9 Å². The van der Waals surface area contributed by atoms with Gasteiger partial charge >= 0.3 is 0 Å². The highest BCUT2D eigenvalue weighted by Crippen LogP contribution is 2.37. The fourth-order valence-corrected chi connectivity index (χ4v) is 3.72. The maximum absolute atomic E-state index is 12.3. The number of aromatic nitrogens is 1. The van der Waals surface area contributed by atoms with Crippen molar-refractivity contribution in [1.29, 1.82) is 0 Å². The standard InChI is InChI=1S/C24H22N2O3/c1-25-23(29)14-21-20-13-19(28)11-12-22(20)26(15-16-5-3-2-4-6-16)24(21)17-7-9-18(27)10-8-17/h2-13,27-28H,14-15H2,1H3,(H,25,29). The molecule has 0 unspecified atom stereocenters. The molecule has 0 bridgehead atoms. The van der Waals surface area contributed by atoms with E-state index in [0.717, 1.165) is 33.3 Å². The van der Waals surface area contributed by atoms with Crippen molar-refractivity contribution in [3.8, 4) is 22.8 Å². The van der Waals surface area contributed by atoms with E-state index in [0.29, 0.717) is 6.54 Å². The number of rotatable bonds is 5. The van der Waals surface area contributed by atoms with Crippen LogP contribution in [0.25, 0.3) is 22.2 Å². The number of amides is 1. The summed E-state index contributed by atoms with van der Waals surface area (Å²) in [4.78, 5) is 12.3. The lowest BCUT2D eigenvalue weighted by Crippen LogP contribution is -2.20. The van der Waals surface area contributed by atoms with Crippen LogP contribution in [-0.4, -0.2) is 27.7 Å². The first-order chi connectivity index (χ1) is 14.1. The zero-order valence-electron chi connectivity index (χ0n) is 16.1. The molecule has 0 aliphatic rings. The summed E-state index contributed by atoms with van der Waals surface area (Å²) in [7, 11) is 1.61. The van der Waals surface area contributed by atoms with Crippen LogP contribution in [0.4, 0.5) is 0 Å². The number of aromatic hydroxyl groups is 2. The van der Waals surface area contributed by atoms with Crippen LogP contribution in [-0.2, 0) is 17.8 Å². The predicted octanol–water partition coefficient (Wildman–Crippen LogP) is 4.06. The van der Waals surface area contributed by atoms with Gasteiger partial charge in [0.1, 0.15) is 11.5 Å². The maximum atomic E-state index is 12.3. The van der Waals surface area contributed by atoms with Gasteiger partial charge in [-0.2, -0.15) is 0 Å². The zero-order valence-corrected chi connectivity index (χ0v) is 16.1. The van der Waals surface area contributed by atoms with Crippen LogP contribution >= 0.6 is 0 Å². The average Bonchev–Trinajstić information content (AvgIpc) is 3.01. The van der Waals surface area contributed by atoms with E-state index < -0.39 is 0 Å². The molecule has 0 fully saturated rings. The summed E-state index contributed by atoms with van der Waals surface area (Å²) in [6.45, 7) is 0.617. The van der Waals surface area contributed by atoms with Crippen molar-refractivity contribution in [2.45, 2.75) is 13.0 Å². The number of carbonyl (C=O) groups excluding carboxylic acids is 1. The molecule has 29 heavy (non-hydrogen) atoms. The second-order valence-electron chi connectivity index (χ2n) is 7.00. The van der Waals surface area contributed by atoms with Crippen molar-refractivity contribution in [1.82, 2.24) is 9.88 Å². The number of hydrogen-bond acceptors (Lipinski definition) is 3. The van der Waals surface area contributed by atoms with Gasteiger partial charge in [0, 0.05) is 24.5 Å². The monoisotopic (exact) mass is 386 g/mol. The SMILES string of the molecule is CNC(=O)Cc1c(-c2ccc(O)cc2)n(Cc2ccccc2)c2ccc(O)cc12. The molecule has 0 saturated heterocycles. The summed E-state index contributed by atoms with van der Waals surface area (Å²) >= 11 is 0. The average molecular weight is 386 g/mol. The highest BCUT2D eigenvalue weighted by Gasteiger charge is 2.21. The molecule has 5 nitrogen and oxygen atoms in total. The Balaban J connectivity index is 2.01. The minimum absolute atomic E-state index is 0.105. The van der Waals surface area contributed by atoms with Gasteiger partial charge in [-0.15, -0.1) is 0 Å². The van der Waals surface area contributed by atoms with Gasteiger partial charge < -0.3 is 20.1 Å². The van der Waals surface area contributed by atoms with Gasteiger partial charge in [-0.25, -0.2) is 0 Å². The molecule has 0 saturated carbocycles. The van der Waals surface area contributed by atoms with E-state index in [9.17, 15) is 15.0 Å². The number of phenolic OH excluding ortho intramolecular Hbond substituents is 2.